The summed E-state index contributed by atoms with van der Waals surface area (Å²) in [4.78, 5) is 23.2. The van der Waals surface area contributed by atoms with E-state index in [1.807, 2.05) is 25.5 Å². The molecule has 1 aromatic carbocycles. The van der Waals surface area contributed by atoms with Gasteiger partial charge < -0.3 is 15.0 Å². The molecule has 2 aromatic rings. The second-order valence-electron chi connectivity index (χ2n) is 5.78. The number of nitrogens with zero attached hydrogens (tertiary/aromatic N) is 1. The lowest BCUT2D eigenvalue weighted by molar-refractivity contribution is 0.0694. The minimum atomic E-state index is -1.18. The molecule has 0 bridgehead atoms. The van der Waals surface area contributed by atoms with Crippen LogP contribution in [0.2, 0.25) is 0 Å². The molecule has 22 heavy (non-hydrogen) atoms. The lowest BCUT2D eigenvalue weighted by Gasteiger charge is -2.29. The smallest absolute Gasteiger partial charge is 0.341 e. The molecule has 0 saturated carbocycles. The van der Waals surface area contributed by atoms with Crippen molar-refractivity contribution in [2.45, 2.75) is 26.3 Å². The Morgan fingerprint density at radius 3 is 2.73 bits per heavy atom. The van der Waals surface area contributed by atoms with Crippen LogP contribution in [-0.2, 0) is 6.42 Å². The van der Waals surface area contributed by atoms with Gasteiger partial charge in [0.1, 0.15) is 5.56 Å². The molecule has 5 heteroatoms. The molecule has 0 saturated heterocycles. The van der Waals surface area contributed by atoms with Crippen LogP contribution in [0.25, 0.3) is 11.3 Å². The van der Waals surface area contributed by atoms with Crippen molar-refractivity contribution in [2.24, 2.45) is 0 Å². The highest BCUT2D eigenvalue weighted by Gasteiger charge is 2.24. The minimum absolute atomic E-state index is 0.105. The maximum absolute atomic E-state index is 12.1. The average Bonchev–Trinajstić information content (AvgIpc) is 2.47. The van der Waals surface area contributed by atoms with Gasteiger partial charge in [0.15, 0.2) is 5.43 Å². The quantitative estimate of drug-likeness (QED) is 0.894. The van der Waals surface area contributed by atoms with Gasteiger partial charge in [0.2, 0.25) is 0 Å². The molecule has 0 radical (unpaired) electrons. The Morgan fingerprint density at radius 2 is 2.09 bits per heavy atom. The summed E-state index contributed by atoms with van der Waals surface area (Å²) in [6, 6.07) is 5.71. The Balaban J connectivity index is 2.29. The van der Waals surface area contributed by atoms with Crippen LogP contribution in [0.15, 0.2) is 29.2 Å². The number of carboxylic acid groups (broad SMARTS) is 1. The van der Waals surface area contributed by atoms with Gasteiger partial charge in [-0.05, 0) is 43.5 Å². The SMILES string of the molecule is CNc1cc2c(cc1C)-c1cc(=O)c(C(=O)O)cn1C(C)C2. The van der Waals surface area contributed by atoms with Crippen molar-refractivity contribution in [3.8, 4) is 11.3 Å². The minimum Gasteiger partial charge on any atom is -0.477 e. The van der Waals surface area contributed by atoms with Crippen LogP contribution >= 0.6 is 0 Å². The average molecular weight is 298 g/mol. The molecule has 1 aliphatic heterocycles. The van der Waals surface area contributed by atoms with E-state index in [1.54, 1.807) is 0 Å². The van der Waals surface area contributed by atoms with E-state index in [1.165, 1.54) is 17.8 Å². The summed E-state index contributed by atoms with van der Waals surface area (Å²) >= 11 is 0. The van der Waals surface area contributed by atoms with Gasteiger partial charge >= 0.3 is 5.97 Å². The first-order valence-corrected chi connectivity index (χ1v) is 7.23. The van der Waals surface area contributed by atoms with Gasteiger partial charge in [-0.25, -0.2) is 4.79 Å². The van der Waals surface area contributed by atoms with Crippen LogP contribution in [0.5, 0.6) is 0 Å². The highest BCUT2D eigenvalue weighted by atomic mass is 16.4. The van der Waals surface area contributed by atoms with Crippen molar-refractivity contribution in [2.75, 3.05) is 12.4 Å². The monoisotopic (exact) mass is 298 g/mol. The number of aromatic carboxylic acids is 1. The van der Waals surface area contributed by atoms with Crippen LogP contribution in [0.3, 0.4) is 0 Å². The highest BCUT2D eigenvalue weighted by molar-refractivity contribution is 5.88. The highest BCUT2D eigenvalue weighted by Crippen LogP contribution is 2.36. The van der Waals surface area contributed by atoms with Crippen LogP contribution in [0.1, 0.15) is 34.5 Å². The number of aryl methyl sites for hydroxylation is 1. The molecule has 3 rings (SSSR count). The normalized spacial score (nSPS) is 15.9. The van der Waals surface area contributed by atoms with Gasteiger partial charge in [-0.3, -0.25) is 4.79 Å². The van der Waals surface area contributed by atoms with Gasteiger partial charge in [0.05, 0.1) is 5.69 Å². The van der Waals surface area contributed by atoms with Gasteiger partial charge in [0, 0.05) is 36.6 Å². The van der Waals surface area contributed by atoms with E-state index in [0.29, 0.717) is 0 Å². The predicted molar refractivity (Wildman–Crippen MR) is 85.8 cm³/mol. The zero-order valence-corrected chi connectivity index (χ0v) is 12.8. The van der Waals surface area contributed by atoms with E-state index in [0.717, 1.165) is 28.9 Å². The number of carboxylic acids is 1. The fraction of sp³-hybridized carbons (Fsp3) is 0.294. The van der Waals surface area contributed by atoms with Crippen LogP contribution in [0.4, 0.5) is 5.69 Å². The maximum atomic E-state index is 12.1. The van der Waals surface area contributed by atoms with Crippen LogP contribution in [-0.4, -0.2) is 22.7 Å². The Kier molecular flexibility index (Phi) is 3.28. The first kappa shape index (κ1) is 14.4. The molecule has 0 spiro atoms. The van der Waals surface area contributed by atoms with Gasteiger partial charge in [-0.1, -0.05) is 0 Å². The molecule has 0 aliphatic carbocycles. The number of carbonyl (C=O) groups is 1. The van der Waals surface area contributed by atoms with Crippen LogP contribution < -0.4 is 10.7 Å². The van der Waals surface area contributed by atoms with Crippen molar-refractivity contribution in [3.05, 3.63) is 51.3 Å². The Hall–Kier alpha value is -2.56. The Morgan fingerprint density at radius 1 is 1.36 bits per heavy atom. The third-order valence-corrected chi connectivity index (χ3v) is 4.30. The van der Waals surface area contributed by atoms with Crippen molar-refractivity contribution >= 4 is 11.7 Å². The van der Waals surface area contributed by atoms with Crippen molar-refractivity contribution < 1.29 is 9.90 Å². The lowest BCUT2D eigenvalue weighted by Crippen LogP contribution is -2.24. The fourth-order valence-electron chi connectivity index (χ4n) is 3.14. The van der Waals surface area contributed by atoms with Crippen LogP contribution in [0, 0.1) is 6.92 Å². The molecule has 5 nitrogen and oxygen atoms in total. The largest absolute Gasteiger partial charge is 0.477 e. The molecular weight excluding hydrogens is 280 g/mol. The lowest BCUT2D eigenvalue weighted by atomic mass is 9.90. The number of fused-ring (bicyclic) bond motifs is 3. The third-order valence-electron chi connectivity index (χ3n) is 4.30. The maximum Gasteiger partial charge on any atom is 0.341 e. The topological polar surface area (TPSA) is 71.3 Å². The summed E-state index contributed by atoms with van der Waals surface area (Å²) < 4.78 is 1.89. The zero-order chi connectivity index (χ0) is 16.0. The standard InChI is InChI=1S/C17H18N2O3/c1-9-4-12-11(6-14(9)18-3)5-10(2)19-8-13(17(21)22)16(20)7-15(12)19/h4,6-8,10,18H,5H2,1-3H3,(H,21,22). The van der Waals surface area contributed by atoms with Gasteiger partial charge in [-0.2, -0.15) is 0 Å². The molecule has 1 aromatic heterocycles. The van der Waals surface area contributed by atoms with Gasteiger partial charge in [-0.15, -0.1) is 0 Å². The molecular formula is C17H18N2O3. The summed E-state index contributed by atoms with van der Waals surface area (Å²) in [6.45, 7) is 4.04. The zero-order valence-electron chi connectivity index (χ0n) is 12.8. The molecule has 1 atom stereocenters. The van der Waals surface area contributed by atoms with E-state index >= 15 is 0 Å². The summed E-state index contributed by atoms with van der Waals surface area (Å²) in [7, 11) is 1.89. The van der Waals surface area contributed by atoms with E-state index < -0.39 is 11.4 Å². The molecule has 2 heterocycles. The molecule has 114 valence electrons. The molecule has 0 amide bonds. The third kappa shape index (κ3) is 2.09. The van der Waals surface area contributed by atoms with Gasteiger partial charge in [0.25, 0.3) is 0 Å². The number of benzene rings is 1. The van der Waals surface area contributed by atoms with Crippen molar-refractivity contribution in [1.82, 2.24) is 4.57 Å². The number of pyridine rings is 1. The summed E-state index contributed by atoms with van der Waals surface area (Å²) in [5.74, 6) is -1.18. The first-order chi connectivity index (χ1) is 10.4. The van der Waals surface area contributed by atoms with E-state index in [-0.39, 0.29) is 11.6 Å². The molecule has 1 unspecified atom stereocenters. The molecule has 2 N–H and O–H groups in total. The van der Waals surface area contributed by atoms with Crippen molar-refractivity contribution in [3.63, 3.8) is 0 Å². The number of hydrogen-bond acceptors (Lipinski definition) is 3. The number of anilines is 1. The molecule has 1 aliphatic rings. The number of aromatic nitrogens is 1. The fourth-order valence-corrected chi connectivity index (χ4v) is 3.14. The number of hydrogen-bond donors (Lipinski definition) is 2. The number of nitrogens with one attached hydrogen (secondary N) is 1. The summed E-state index contributed by atoms with van der Waals surface area (Å²) in [5, 5.41) is 12.3. The Bertz CT molecular complexity index is 837. The first-order valence-electron chi connectivity index (χ1n) is 7.23. The molecule has 0 fully saturated rings. The second kappa shape index (κ2) is 5.02. The number of rotatable bonds is 2. The predicted octanol–water partition coefficient (Wildman–Crippen LogP) is 2.68. The van der Waals surface area contributed by atoms with Crippen molar-refractivity contribution in [1.29, 1.82) is 0 Å². The summed E-state index contributed by atoms with van der Waals surface area (Å²) in [6.07, 6.45) is 2.27. The van der Waals surface area contributed by atoms with E-state index in [4.69, 9.17) is 5.11 Å². The van der Waals surface area contributed by atoms with E-state index in [9.17, 15) is 9.59 Å². The Labute approximate surface area is 128 Å². The second-order valence-corrected chi connectivity index (χ2v) is 5.78. The summed E-state index contributed by atoms with van der Waals surface area (Å²) in [5.41, 5.74) is 4.50. The van der Waals surface area contributed by atoms with E-state index in [2.05, 4.69) is 17.4 Å².